The Morgan fingerprint density at radius 2 is 1.79 bits per heavy atom. The molecule has 5 nitrogen and oxygen atoms in total. The number of carbonyl (C=O) groups is 1. The van der Waals surface area contributed by atoms with Gasteiger partial charge in [-0.25, -0.2) is 17.1 Å². The van der Waals surface area contributed by atoms with E-state index < -0.39 is 10.0 Å². The van der Waals surface area contributed by atoms with Gasteiger partial charge in [-0.1, -0.05) is 35.9 Å². The fourth-order valence-electron chi connectivity index (χ4n) is 3.45. The van der Waals surface area contributed by atoms with Crippen molar-refractivity contribution in [2.45, 2.75) is 25.0 Å². The van der Waals surface area contributed by atoms with Crippen LogP contribution in [0.3, 0.4) is 0 Å². The van der Waals surface area contributed by atoms with Crippen LogP contribution in [0.4, 0.5) is 4.39 Å². The van der Waals surface area contributed by atoms with Crippen LogP contribution in [0.25, 0.3) is 0 Å². The summed E-state index contributed by atoms with van der Waals surface area (Å²) in [4.78, 5) is 12.4. The molecule has 0 bridgehead atoms. The fraction of sp³-hybridized carbons (Fsp3) is 0.381. The number of rotatable bonds is 7. The minimum Gasteiger partial charge on any atom is -0.356 e. The van der Waals surface area contributed by atoms with Gasteiger partial charge < -0.3 is 5.32 Å². The van der Waals surface area contributed by atoms with Crippen molar-refractivity contribution in [2.75, 3.05) is 19.6 Å². The van der Waals surface area contributed by atoms with E-state index in [-0.39, 0.29) is 23.4 Å². The topological polar surface area (TPSA) is 66.5 Å². The molecule has 1 aliphatic rings. The third-order valence-electron chi connectivity index (χ3n) is 5.08. The van der Waals surface area contributed by atoms with E-state index in [9.17, 15) is 17.6 Å². The van der Waals surface area contributed by atoms with Gasteiger partial charge in [0.15, 0.2) is 0 Å². The number of nitrogens with zero attached hydrogens (tertiary/aromatic N) is 1. The third kappa shape index (κ3) is 6.26. The van der Waals surface area contributed by atoms with Gasteiger partial charge in [0.1, 0.15) is 5.82 Å². The molecular weight excluding hydrogens is 415 g/mol. The Bertz CT molecular complexity index is 943. The van der Waals surface area contributed by atoms with Crippen LogP contribution in [0, 0.1) is 11.7 Å². The Balaban J connectivity index is 1.45. The molecule has 0 radical (unpaired) electrons. The van der Waals surface area contributed by atoms with Gasteiger partial charge in [0.25, 0.3) is 0 Å². The highest BCUT2D eigenvalue weighted by atomic mass is 35.5. The Morgan fingerprint density at radius 3 is 2.45 bits per heavy atom. The molecule has 1 heterocycles. The first-order valence-electron chi connectivity index (χ1n) is 9.58. The molecule has 8 heteroatoms. The van der Waals surface area contributed by atoms with Gasteiger partial charge >= 0.3 is 0 Å². The molecule has 2 aromatic rings. The van der Waals surface area contributed by atoms with E-state index in [2.05, 4.69) is 5.32 Å². The Labute approximate surface area is 175 Å². The van der Waals surface area contributed by atoms with Gasteiger partial charge in [-0.05, 0) is 54.7 Å². The van der Waals surface area contributed by atoms with Crippen molar-refractivity contribution in [1.82, 2.24) is 9.62 Å². The Kier molecular flexibility index (Phi) is 7.27. The van der Waals surface area contributed by atoms with Crippen molar-refractivity contribution in [3.8, 4) is 0 Å². The first-order valence-corrected chi connectivity index (χ1v) is 11.6. The van der Waals surface area contributed by atoms with Crippen molar-refractivity contribution >= 4 is 27.5 Å². The zero-order valence-corrected chi connectivity index (χ0v) is 17.6. The van der Waals surface area contributed by atoms with E-state index in [1.54, 1.807) is 36.4 Å². The van der Waals surface area contributed by atoms with Crippen LogP contribution in [0.2, 0.25) is 5.02 Å². The molecule has 0 unspecified atom stereocenters. The maximum absolute atomic E-state index is 12.9. The van der Waals surface area contributed by atoms with Crippen LogP contribution in [-0.4, -0.2) is 38.3 Å². The summed E-state index contributed by atoms with van der Waals surface area (Å²) in [6.45, 7) is 1.13. The van der Waals surface area contributed by atoms with Crippen molar-refractivity contribution in [2.24, 2.45) is 5.92 Å². The van der Waals surface area contributed by atoms with Crippen LogP contribution < -0.4 is 5.32 Å². The smallest absolute Gasteiger partial charge is 0.223 e. The third-order valence-corrected chi connectivity index (χ3v) is 7.17. The number of piperidine rings is 1. The molecule has 1 N–H and O–H groups in total. The molecular formula is C21H24ClFN2O3S. The van der Waals surface area contributed by atoms with E-state index in [1.807, 2.05) is 0 Å². The lowest BCUT2D eigenvalue weighted by Gasteiger charge is -2.30. The molecule has 0 aromatic heterocycles. The molecule has 29 heavy (non-hydrogen) atoms. The molecule has 156 valence electrons. The highest BCUT2D eigenvalue weighted by Gasteiger charge is 2.31. The minimum absolute atomic E-state index is 0.0565. The average molecular weight is 439 g/mol. The summed E-state index contributed by atoms with van der Waals surface area (Å²) in [5.74, 6) is -0.628. The van der Waals surface area contributed by atoms with Gasteiger partial charge in [0.05, 0.1) is 5.75 Å². The predicted octanol–water partition coefficient (Wildman–Crippen LogP) is 3.38. The summed E-state index contributed by atoms with van der Waals surface area (Å²) in [5.41, 5.74) is 1.60. The Hall–Kier alpha value is -1.96. The lowest BCUT2D eigenvalue weighted by atomic mass is 9.97. The van der Waals surface area contributed by atoms with Crippen LogP contribution in [0.5, 0.6) is 0 Å². The van der Waals surface area contributed by atoms with Crippen molar-refractivity contribution in [1.29, 1.82) is 0 Å². The second kappa shape index (κ2) is 9.69. The Morgan fingerprint density at radius 1 is 1.10 bits per heavy atom. The molecule has 2 aromatic carbocycles. The van der Waals surface area contributed by atoms with Gasteiger partial charge in [-0.15, -0.1) is 0 Å². The number of halogens is 2. The zero-order valence-electron chi connectivity index (χ0n) is 16.0. The number of nitrogens with one attached hydrogen (secondary N) is 1. The lowest BCUT2D eigenvalue weighted by Crippen LogP contribution is -2.43. The average Bonchev–Trinajstić information content (AvgIpc) is 2.69. The molecule has 3 rings (SSSR count). The number of sulfonamides is 1. The first-order chi connectivity index (χ1) is 13.8. The van der Waals surface area contributed by atoms with Crippen molar-refractivity contribution < 1.29 is 17.6 Å². The molecule has 0 aliphatic carbocycles. The molecule has 0 atom stereocenters. The molecule has 1 fully saturated rings. The lowest BCUT2D eigenvalue weighted by molar-refractivity contribution is -0.126. The van der Waals surface area contributed by atoms with Crippen LogP contribution >= 0.6 is 11.6 Å². The second-order valence-corrected chi connectivity index (χ2v) is 9.63. The second-order valence-electron chi connectivity index (χ2n) is 7.23. The molecule has 0 spiro atoms. The zero-order chi connectivity index (χ0) is 20.9. The maximum Gasteiger partial charge on any atom is 0.223 e. The highest BCUT2D eigenvalue weighted by Crippen LogP contribution is 2.22. The van der Waals surface area contributed by atoms with Gasteiger partial charge in [0.2, 0.25) is 15.9 Å². The summed E-state index contributed by atoms with van der Waals surface area (Å²) in [5, 5.41) is 3.41. The summed E-state index contributed by atoms with van der Waals surface area (Å²) in [7, 11) is -3.45. The van der Waals surface area contributed by atoms with Gasteiger partial charge in [0, 0.05) is 30.6 Å². The fourth-order valence-corrected chi connectivity index (χ4v) is 5.21. The van der Waals surface area contributed by atoms with Crippen LogP contribution in [0.1, 0.15) is 24.0 Å². The minimum atomic E-state index is -3.45. The number of hydrogen-bond acceptors (Lipinski definition) is 3. The van der Waals surface area contributed by atoms with Crippen molar-refractivity contribution in [3.05, 3.63) is 70.5 Å². The molecule has 0 saturated carbocycles. The molecule has 1 aliphatic heterocycles. The number of amides is 1. The summed E-state index contributed by atoms with van der Waals surface area (Å²) in [6.07, 6.45) is 1.62. The van der Waals surface area contributed by atoms with E-state index in [0.717, 1.165) is 5.56 Å². The maximum atomic E-state index is 12.9. The largest absolute Gasteiger partial charge is 0.356 e. The standard InChI is InChI=1S/C21H24ClFN2O3S/c22-19-3-1-2-17(14-19)15-29(27,28)25-12-9-18(10-13-25)21(26)24-11-8-16-4-6-20(23)7-5-16/h1-7,14,18H,8-13,15H2,(H,24,26). The van der Waals surface area contributed by atoms with E-state index in [1.165, 1.54) is 16.4 Å². The monoisotopic (exact) mass is 438 g/mol. The highest BCUT2D eigenvalue weighted by molar-refractivity contribution is 7.88. The first kappa shape index (κ1) is 21.7. The predicted molar refractivity (Wildman–Crippen MR) is 111 cm³/mol. The van der Waals surface area contributed by atoms with E-state index >= 15 is 0 Å². The summed E-state index contributed by atoms with van der Waals surface area (Å²) in [6, 6.07) is 13.0. The number of benzene rings is 2. The quantitative estimate of drug-likeness (QED) is 0.720. The van der Waals surface area contributed by atoms with Gasteiger partial charge in [-0.2, -0.15) is 0 Å². The van der Waals surface area contributed by atoms with Crippen LogP contribution in [-0.2, 0) is 27.0 Å². The van der Waals surface area contributed by atoms with Crippen LogP contribution in [0.15, 0.2) is 48.5 Å². The SMILES string of the molecule is O=C(NCCc1ccc(F)cc1)C1CCN(S(=O)(=O)Cc2cccc(Cl)c2)CC1. The molecule has 1 saturated heterocycles. The normalized spacial score (nSPS) is 15.9. The molecule has 1 amide bonds. The van der Waals surface area contributed by atoms with Gasteiger partial charge in [-0.3, -0.25) is 4.79 Å². The van der Waals surface area contributed by atoms with E-state index in [0.29, 0.717) is 49.5 Å². The van der Waals surface area contributed by atoms with E-state index in [4.69, 9.17) is 11.6 Å². The summed E-state index contributed by atoms with van der Waals surface area (Å²) >= 11 is 5.93. The summed E-state index contributed by atoms with van der Waals surface area (Å²) < 4.78 is 39.7. The number of hydrogen-bond donors (Lipinski definition) is 1. The number of carbonyl (C=O) groups excluding carboxylic acids is 1. The van der Waals surface area contributed by atoms with Crippen molar-refractivity contribution in [3.63, 3.8) is 0 Å².